The number of carbonyl (C=O) groups excluding carboxylic acids is 1. The highest BCUT2D eigenvalue weighted by molar-refractivity contribution is 7.99. The molecule has 1 atom stereocenters. The third-order valence-electron chi connectivity index (χ3n) is 5.93. The Bertz CT molecular complexity index is 1770. The van der Waals surface area contributed by atoms with Crippen LogP contribution in [0.5, 0.6) is 11.5 Å². The maximum absolute atomic E-state index is 13.9. The van der Waals surface area contributed by atoms with Gasteiger partial charge in [0, 0.05) is 24.0 Å². The Balaban J connectivity index is 1.64. The van der Waals surface area contributed by atoms with Crippen LogP contribution in [0, 0.1) is 0 Å². The normalized spacial score (nSPS) is 15.2. The molecule has 10 nitrogen and oxygen atoms in total. The lowest BCUT2D eigenvalue weighted by Gasteiger charge is -2.26. The molecule has 1 aromatic carbocycles. The summed E-state index contributed by atoms with van der Waals surface area (Å²) in [6.45, 7) is 5.27. The first-order valence-electron chi connectivity index (χ1n) is 12.3. The van der Waals surface area contributed by atoms with Crippen molar-refractivity contribution in [1.82, 2.24) is 14.5 Å². The molecule has 0 bridgehead atoms. The maximum Gasteiger partial charge on any atom is 0.338 e. The van der Waals surface area contributed by atoms with Crippen molar-refractivity contribution in [3.63, 3.8) is 0 Å². The van der Waals surface area contributed by atoms with Crippen LogP contribution in [0.1, 0.15) is 38.1 Å². The molecule has 206 valence electrons. The summed E-state index contributed by atoms with van der Waals surface area (Å²) in [6, 6.07) is 9.68. The summed E-state index contributed by atoms with van der Waals surface area (Å²) in [6.07, 6.45) is 4.60. The van der Waals surface area contributed by atoms with Gasteiger partial charge in [0.05, 0.1) is 36.1 Å². The second-order valence-corrected chi connectivity index (χ2v) is 10.9. The molecule has 0 saturated heterocycles. The van der Waals surface area contributed by atoms with Crippen molar-refractivity contribution in [2.45, 2.75) is 43.2 Å². The van der Waals surface area contributed by atoms with Gasteiger partial charge in [-0.3, -0.25) is 9.36 Å². The van der Waals surface area contributed by atoms with E-state index in [0.717, 1.165) is 0 Å². The predicted octanol–water partition coefficient (Wildman–Crippen LogP) is 3.74. The molecule has 5 rings (SSSR count). The minimum atomic E-state index is -0.854. The molecule has 4 heterocycles. The van der Waals surface area contributed by atoms with E-state index in [2.05, 4.69) is 15.0 Å². The first-order valence-corrected chi connectivity index (χ1v) is 13.9. The molecule has 0 saturated carbocycles. The van der Waals surface area contributed by atoms with Gasteiger partial charge in [0.2, 0.25) is 0 Å². The van der Waals surface area contributed by atoms with Crippen LogP contribution in [0.25, 0.3) is 6.08 Å². The highest BCUT2D eigenvalue weighted by Gasteiger charge is 2.35. The molecule has 3 aromatic heterocycles. The van der Waals surface area contributed by atoms with E-state index in [9.17, 15) is 9.59 Å². The van der Waals surface area contributed by atoms with Gasteiger partial charge >= 0.3 is 5.97 Å². The number of hydrogen-bond acceptors (Lipinski definition) is 11. The maximum atomic E-state index is 13.9. The number of ether oxygens (including phenoxy) is 3. The third-order valence-corrected chi connectivity index (χ3v) is 7.72. The van der Waals surface area contributed by atoms with Crippen molar-refractivity contribution in [3.8, 4) is 11.5 Å². The monoisotopic (exact) mass is 578 g/mol. The fraction of sp³-hybridized carbons (Fsp3) is 0.250. The van der Waals surface area contributed by atoms with Crippen LogP contribution >= 0.6 is 23.1 Å². The highest BCUT2D eigenvalue weighted by atomic mass is 32.2. The second-order valence-electron chi connectivity index (χ2n) is 8.93. The number of hydrogen-bond donors (Lipinski definition) is 0. The summed E-state index contributed by atoms with van der Waals surface area (Å²) in [5.41, 5.74) is 0.934. The smallest absolute Gasteiger partial charge is 0.338 e. The van der Waals surface area contributed by atoms with Crippen molar-refractivity contribution in [2.24, 2.45) is 4.99 Å². The first kappa shape index (κ1) is 27.4. The van der Waals surface area contributed by atoms with Gasteiger partial charge in [0.25, 0.3) is 5.56 Å². The molecule has 0 aliphatic carbocycles. The SMILES string of the molecule is COc1ccc(OC)c([C@H]2C(C(=O)OC(C)C)=C(C)N=c3s/c(=C\c4ccc(Sc5ncccn5)o4)c(=O)n32)c1. The molecule has 0 spiro atoms. The number of benzene rings is 1. The Kier molecular flexibility index (Phi) is 7.90. The second kappa shape index (κ2) is 11.5. The van der Waals surface area contributed by atoms with Crippen molar-refractivity contribution < 1.29 is 23.4 Å². The van der Waals surface area contributed by atoms with Crippen LogP contribution < -0.4 is 24.4 Å². The standard InChI is InChI=1S/C28H26N4O6S2/c1-15(2)37-26(34)23-16(3)31-28-32(24(23)19-13-17(35-4)7-9-20(19)36-5)25(33)21(39-28)14-18-8-10-22(38-18)40-27-29-11-6-12-30-27/h6-15,24H,1-5H3/b21-14-/t24-/m0/s1. The Morgan fingerprint density at radius 1 is 1.15 bits per heavy atom. The number of rotatable bonds is 8. The highest BCUT2D eigenvalue weighted by Crippen LogP contribution is 2.38. The van der Waals surface area contributed by atoms with Crippen LogP contribution in [-0.4, -0.2) is 40.8 Å². The summed E-state index contributed by atoms with van der Waals surface area (Å²) in [4.78, 5) is 40.7. The molecule has 12 heteroatoms. The summed E-state index contributed by atoms with van der Waals surface area (Å²) >= 11 is 2.47. The first-order chi connectivity index (χ1) is 19.3. The minimum Gasteiger partial charge on any atom is -0.497 e. The molecular formula is C28H26N4O6S2. The largest absolute Gasteiger partial charge is 0.497 e. The number of allylic oxidation sites excluding steroid dienone is 1. The average molecular weight is 579 g/mol. The van der Waals surface area contributed by atoms with Gasteiger partial charge in [0.1, 0.15) is 23.3 Å². The van der Waals surface area contributed by atoms with Crippen molar-refractivity contribution in [1.29, 1.82) is 0 Å². The Morgan fingerprint density at radius 3 is 2.62 bits per heavy atom. The number of furan rings is 1. The summed E-state index contributed by atoms with van der Waals surface area (Å²) in [5, 5.41) is 1.13. The molecule has 0 fully saturated rings. The molecule has 0 radical (unpaired) electrons. The zero-order valence-corrected chi connectivity index (χ0v) is 24.0. The van der Waals surface area contributed by atoms with Gasteiger partial charge in [-0.2, -0.15) is 0 Å². The van der Waals surface area contributed by atoms with Gasteiger partial charge in [-0.05, 0) is 68.9 Å². The van der Waals surface area contributed by atoms with E-state index in [1.54, 1.807) is 82.7 Å². The number of esters is 1. The van der Waals surface area contributed by atoms with E-state index < -0.39 is 12.0 Å². The Labute approximate surface area is 237 Å². The zero-order chi connectivity index (χ0) is 28.4. The zero-order valence-electron chi connectivity index (χ0n) is 22.4. The summed E-state index contributed by atoms with van der Waals surface area (Å²) < 4.78 is 24.5. The van der Waals surface area contributed by atoms with Crippen LogP contribution in [0.2, 0.25) is 0 Å². The van der Waals surface area contributed by atoms with Gasteiger partial charge < -0.3 is 18.6 Å². The number of fused-ring (bicyclic) bond motifs is 1. The number of methoxy groups -OCH3 is 2. The van der Waals surface area contributed by atoms with E-state index in [-0.39, 0.29) is 17.2 Å². The lowest BCUT2D eigenvalue weighted by Crippen LogP contribution is -2.40. The lowest BCUT2D eigenvalue weighted by atomic mass is 9.94. The molecule has 40 heavy (non-hydrogen) atoms. The van der Waals surface area contributed by atoms with Gasteiger partial charge in [-0.1, -0.05) is 11.3 Å². The van der Waals surface area contributed by atoms with E-state index in [0.29, 0.717) is 48.1 Å². The summed E-state index contributed by atoms with van der Waals surface area (Å²) in [7, 11) is 3.08. The van der Waals surface area contributed by atoms with E-state index in [1.165, 1.54) is 34.8 Å². The van der Waals surface area contributed by atoms with Crippen molar-refractivity contribution in [3.05, 3.63) is 91.1 Å². The topological polar surface area (TPSA) is 118 Å². The van der Waals surface area contributed by atoms with Crippen LogP contribution in [0.4, 0.5) is 0 Å². The van der Waals surface area contributed by atoms with Gasteiger partial charge in [-0.25, -0.2) is 19.8 Å². The van der Waals surface area contributed by atoms with E-state index in [1.807, 2.05) is 0 Å². The molecule has 0 unspecified atom stereocenters. The number of nitrogens with zero attached hydrogens (tertiary/aromatic N) is 4. The molecule has 1 aliphatic heterocycles. The Hall–Kier alpha value is -4.16. The third kappa shape index (κ3) is 5.45. The minimum absolute atomic E-state index is 0.249. The molecule has 0 amide bonds. The molecular weight excluding hydrogens is 552 g/mol. The van der Waals surface area contributed by atoms with Crippen molar-refractivity contribution >= 4 is 35.1 Å². The van der Waals surface area contributed by atoms with Gasteiger partial charge in [-0.15, -0.1) is 0 Å². The molecule has 0 N–H and O–H groups in total. The number of thiazole rings is 1. The predicted molar refractivity (Wildman–Crippen MR) is 149 cm³/mol. The number of carbonyl (C=O) groups is 1. The van der Waals surface area contributed by atoms with Crippen molar-refractivity contribution in [2.75, 3.05) is 14.2 Å². The fourth-order valence-corrected chi connectivity index (χ4v) is 5.94. The van der Waals surface area contributed by atoms with E-state index >= 15 is 0 Å². The average Bonchev–Trinajstić information content (AvgIpc) is 3.50. The molecule has 1 aliphatic rings. The lowest BCUT2D eigenvalue weighted by molar-refractivity contribution is -0.143. The fourth-order valence-electron chi connectivity index (χ4n) is 4.23. The quantitative estimate of drug-likeness (QED) is 0.228. The summed E-state index contributed by atoms with van der Waals surface area (Å²) in [5.74, 6) is 0.957. The Morgan fingerprint density at radius 2 is 1.93 bits per heavy atom. The number of aromatic nitrogens is 3. The molecule has 4 aromatic rings. The van der Waals surface area contributed by atoms with Crippen LogP contribution in [-0.2, 0) is 9.53 Å². The van der Waals surface area contributed by atoms with Gasteiger partial charge in [0.15, 0.2) is 15.1 Å². The van der Waals surface area contributed by atoms with E-state index in [4.69, 9.17) is 18.6 Å². The van der Waals surface area contributed by atoms with Crippen LogP contribution in [0.3, 0.4) is 0 Å². The van der Waals surface area contributed by atoms with Crippen LogP contribution in [0.15, 0.2) is 84.5 Å².